The van der Waals surface area contributed by atoms with Gasteiger partial charge in [-0.15, -0.1) is 0 Å². The molecule has 1 N–H and O–H groups in total. The third kappa shape index (κ3) is 5.62. The van der Waals surface area contributed by atoms with Crippen LogP contribution >= 0.6 is 0 Å². The number of benzene rings is 1. The Morgan fingerprint density at radius 1 is 0.933 bits per heavy atom. The van der Waals surface area contributed by atoms with Gasteiger partial charge in [0.1, 0.15) is 30.5 Å². The summed E-state index contributed by atoms with van der Waals surface area (Å²) in [5, 5.41) is 9.11. The summed E-state index contributed by atoms with van der Waals surface area (Å²) in [6, 6.07) is 10.6. The zero-order valence-electron chi connectivity index (χ0n) is 17.9. The molecule has 164 valence electrons. The first-order chi connectivity index (χ1) is 14.7. The predicted molar refractivity (Wildman–Crippen MR) is 114 cm³/mol. The van der Waals surface area contributed by atoms with Crippen molar-refractivity contribution in [2.45, 2.75) is 26.2 Å². The van der Waals surface area contributed by atoms with E-state index in [-0.39, 0.29) is 6.61 Å². The number of nitrogens with zero attached hydrogens (tertiary/aromatic N) is 3. The van der Waals surface area contributed by atoms with Crippen LogP contribution in [-0.2, 0) is 31.0 Å². The highest BCUT2D eigenvalue weighted by molar-refractivity contribution is 5.38. The Morgan fingerprint density at radius 2 is 1.73 bits per heavy atom. The lowest BCUT2D eigenvalue weighted by molar-refractivity contribution is 0.108. The number of hydrogen-bond donors (Lipinski definition) is 1. The van der Waals surface area contributed by atoms with Gasteiger partial charge in [-0.25, -0.2) is 0 Å². The number of aliphatic hydroxyl groups excluding tert-OH is 1. The fourth-order valence-electron chi connectivity index (χ4n) is 4.25. The second kappa shape index (κ2) is 10.4. The van der Waals surface area contributed by atoms with E-state index in [4.69, 9.17) is 19.0 Å². The molecule has 0 spiro atoms. The van der Waals surface area contributed by atoms with Crippen LogP contribution in [0.3, 0.4) is 0 Å². The van der Waals surface area contributed by atoms with Crippen LogP contribution in [0.1, 0.15) is 22.6 Å². The van der Waals surface area contributed by atoms with E-state index >= 15 is 0 Å². The van der Waals surface area contributed by atoms with Crippen molar-refractivity contribution >= 4 is 0 Å². The standard InChI is InChI=1S/C23H33N3O4/c1-28-18-22-4-3-21(30-22)17-26-11-13-29-23-5-2-19(14-20(23)16-26)15-25-8-6-24(7-9-25)10-12-27/h2-5,14,27H,6-13,15-18H2,1H3. The van der Waals surface area contributed by atoms with Gasteiger partial charge in [0.05, 0.1) is 13.2 Å². The van der Waals surface area contributed by atoms with Gasteiger partial charge in [-0.2, -0.15) is 0 Å². The van der Waals surface area contributed by atoms with Gasteiger partial charge in [0, 0.05) is 65.0 Å². The third-order valence-corrected chi connectivity index (χ3v) is 5.85. The summed E-state index contributed by atoms with van der Waals surface area (Å²) in [4.78, 5) is 7.19. The minimum absolute atomic E-state index is 0.243. The Morgan fingerprint density at radius 3 is 2.53 bits per heavy atom. The Kier molecular flexibility index (Phi) is 7.41. The minimum Gasteiger partial charge on any atom is -0.492 e. The van der Waals surface area contributed by atoms with E-state index in [0.29, 0.717) is 13.2 Å². The molecule has 2 aliphatic rings. The van der Waals surface area contributed by atoms with Gasteiger partial charge < -0.3 is 19.0 Å². The molecule has 4 rings (SSSR count). The summed E-state index contributed by atoms with van der Waals surface area (Å²) in [6.45, 7) is 9.80. The van der Waals surface area contributed by atoms with Gasteiger partial charge in [0.15, 0.2) is 0 Å². The summed E-state index contributed by atoms with van der Waals surface area (Å²) >= 11 is 0. The Hall–Kier alpha value is -1.90. The highest BCUT2D eigenvalue weighted by atomic mass is 16.5. The molecule has 0 aliphatic carbocycles. The molecule has 30 heavy (non-hydrogen) atoms. The Bertz CT molecular complexity index is 801. The van der Waals surface area contributed by atoms with Crippen molar-refractivity contribution in [1.29, 1.82) is 0 Å². The maximum Gasteiger partial charge on any atom is 0.129 e. The van der Waals surface area contributed by atoms with Gasteiger partial charge in [0.25, 0.3) is 0 Å². The maximum absolute atomic E-state index is 9.11. The van der Waals surface area contributed by atoms with Crippen molar-refractivity contribution in [3.63, 3.8) is 0 Å². The second-order valence-corrected chi connectivity index (χ2v) is 8.14. The van der Waals surface area contributed by atoms with E-state index in [0.717, 1.165) is 76.2 Å². The molecule has 0 unspecified atom stereocenters. The maximum atomic E-state index is 9.11. The van der Waals surface area contributed by atoms with Crippen molar-refractivity contribution in [2.75, 3.05) is 59.6 Å². The van der Waals surface area contributed by atoms with Crippen molar-refractivity contribution in [2.24, 2.45) is 0 Å². The molecular formula is C23H33N3O4. The number of rotatable bonds is 8. The fraction of sp³-hybridized carbons (Fsp3) is 0.565. The Balaban J connectivity index is 1.36. The van der Waals surface area contributed by atoms with Crippen LogP contribution in [0.4, 0.5) is 0 Å². The smallest absolute Gasteiger partial charge is 0.129 e. The van der Waals surface area contributed by atoms with E-state index in [1.54, 1.807) is 7.11 Å². The van der Waals surface area contributed by atoms with E-state index < -0.39 is 0 Å². The first kappa shape index (κ1) is 21.3. The number of ether oxygens (including phenoxy) is 2. The van der Waals surface area contributed by atoms with Crippen LogP contribution in [-0.4, -0.2) is 79.4 Å². The number of furan rings is 1. The van der Waals surface area contributed by atoms with Crippen LogP contribution < -0.4 is 4.74 Å². The van der Waals surface area contributed by atoms with Gasteiger partial charge in [-0.3, -0.25) is 14.7 Å². The first-order valence-electron chi connectivity index (χ1n) is 10.8. The average molecular weight is 416 g/mol. The number of methoxy groups -OCH3 is 1. The van der Waals surface area contributed by atoms with Gasteiger partial charge >= 0.3 is 0 Å². The molecule has 2 aliphatic heterocycles. The van der Waals surface area contributed by atoms with Crippen LogP contribution in [0.25, 0.3) is 0 Å². The van der Waals surface area contributed by atoms with Gasteiger partial charge in [-0.05, 0) is 29.8 Å². The van der Waals surface area contributed by atoms with Crippen LogP contribution in [0, 0.1) is 0 Å². The molecule has 1 saturated heterocycles. The van der Waals surface area contributed by atoms with E-state index in [2.05, 4.69) is 32.9 Å². The molecule has 3 heterocycles. The molecule has 2 aromatic rings. The fourth-order valence-corrected chi connectivity index (χ4v) is 4.25. The van der Waals surface area contributed by atoms with Crippen LogP contribution in [0.2, 0.25) is 0 Å². The largest absolute Gasteiger partial charge is 0.492 e. The number of β-amino-alcohol motifs (C(OH)–C–C–N with tert-alkyl or cyclic N) is 1. The van der Waals surface area contributed by atoms with E-state index in [1.165, 1.54) is 11.1 Å². The first-order valence-corrected chi connectivity index (χ1v) is 10.8. The van der Waals surface area contributed by atoms with Crippen molar-refractivity contribution < 1.29 is 19.0 Å². The molecule has 1 aromatic heterocycles. The monoisotopic (exact) mass is 415 g/mol. The van der Waals surface area contributed by atoms with Crippen molar-refractivity contribution in [3.8, 4) is 5.75 Å². The Labute approximate surface area is 178 Å². The molecule has 1 fully saturated rings. The number of hydrogen-bond acceptors (Lipinski definition) is 7. The van der Waals surface area contributed by atoms with Gasteiger partial charge in [0.2, 0.25) is 0 Å². The lowest BCUT2D eigenvalue weighted by Crippen LogP contribution is -2.46. The summed E-state index contributed by atoms with van der Waals surface area (Å²) < 4.78 is 17.0. The molecule has 0 amide bonds. The number of fused-ring (bicyclic) bond motifs is 1. The van der Waals surface area contributed by atoms with Gasteiger partial charge in [-0.1, -0.05) is 6.07 Å². The minimum atomic E-state index is 0.243. The topological polar surface area (TPSA) is 61.6 Å². The lowest BCUT2D eigenvalue weighted by atomic mass is 10.1. The molecule has 0 saturated carbocycles. The molecular weight excluding hydrogens is 382 g/mol. The van der Waals surface area contributed by atoms with Crippen molar-refractivity contribution in [3.05, 3.63) is 53.0 Å². The molecule has 1 aromatic carbocycles. The molecule has 7 heteroatoms. The predicted octanol–water partition coefficient (Wildman–Crippen LogP) is 1.93. The highest BCUT2D eigenvalue weighted by Gasteiger charge is 2.20. The molecule has 0 atom stereocenters. The van der Waals surface area contributed by atoms with Crippen LogP contribution in [0.15, 0.2) is 34.7 Å². The summed E-state index contributed by atoms with van der Waals surface area (Å²) in [5.74, 6) is 2.82. The summed E-state index contributed by atoms with van der Waals surface area (Å²) in [7, 11) is 1.68. The molecule has 7 nitrogen and oxygen atoms in total. The number of aliphatic hydroxyl groups is 1. The molecule has 0 radical (unpaired) electrons. The summed E-state index contributed by atoms with van der Waals surface area (Å²) in [5.41, 5.74) is 2.57. The van der Waals surface area contributed by atoms with Crippen LogP contribution in [0.5, 0.6) is 5.75 Å². The zero-order chi connectivity index (χ0) is 20.8. The lowest BCUT2D eigenvalue weighted by Gasteiger charge is -2.34. The normalized spacial score (nSPS) is 18.7. The average Bonchev–Trinajstić information content (AvgIpc) is 3.08. The zero-order valence-corrected chi connectivity index (χ0v) is 17.9. The summed E-state index contributed by atoms with van der Waals surface area (Å²) in [6.07, 6.45) is 0. The SMILES string of the molecule is COCc1ccc(CN2CCOc3ccc(CN4CCN(CCO)CC4)cc3C2)o1. The third-order valence-electron chi connectivity index (χ3n) is 5.85. The molecule has 0 bridgehead atoms. The highest BCUT2D eigenvalue weighted by Crippen LogP contribution is 2.26. The van der Waals surface area contributed by atoms with E-state index in [9.17, 15) is 0 Å². The van der Waals surface area contributed by atoms with E-state index in [1.807, 2.05) is 12.1 Å². The van der Waals surface area contributed by atoms with Crippen molar-refractivity contribution in [1.82, 2.24) is 14.7 Å². The quantitative estimate of drug-likeness (QED) is 0.707. The number of piperazine rings is 1. The second-order valence-electron chi connectivity index (χ2n) is 8.14.